The van der Waals surface area contributed by atoms with Crippen molar-refractivity contribution in [2.45, 2.75) is 23.9 Å². The summed E-state index contributed by atoms with van der Waals surface area (Å²) in [5.41, 5.74) is -3.98. The van der Waals surface area contributed by atoms with Gasteiger partial charge in [-0.1, -0.05) is 18.2 Å². The second-order valence-electron chi connectivity index (χ2n) is 5.74. The molecule has 0 radical (unpaired) electrons. The maximum Gasteiger partial charge on any atom is 0.501 e. The van der Waals surface area contributed by atoms with Crippen molar-refractivity contribution in [1.82, 2.24) is 9.55 Å². The van der Waals surface area contributed by atoms with Gasteiger partial charge in [0.05, 0.1) is 15.9 Å². The first-order chi connectivity index (χ1) is 12.6. The van der Waals surface area contributed by atoms with E-state index in [1.807, 2.05) is 6.92 Å². The summed E-state index contributed by atoms with van der Waals surface area (Å²) in [5, 5.41) is 9.49. The number of aryl methyl sites for hydroxylation is 1. The lowest BCUT2D eigenvalue weighted by Gasteiger charge is -2.08. The number of alkyl halides is 3. The highest BCUT2D eigenvalue weighted by Gasteiger charge is 2.47. The molecule has 0 atom stereocenters. The molecule has 0 saturated heterocycles. The van der Waals surface area contributed by atoms with Gasteiger partial charge in [0.15, 0.2) is 0 Å². The zero-order chi connectivity index (χ0) is 19.8. The Kier molecular flexibility index (Phi) is 4.73. The summed E-state index contributed by atoms with van der Waals surface area (Å²) < 4.78 is 63.3. The topological polar surface area (TPSA) is 72.2 Å². The van der Waals surface area contributed by atoms with E-state index in [0.29, 0.717) is 23.4 Å². The van der Waals surface area contributed by atoms with E-state index in [9.17, 15) is 26.7 Å². The Hall–Kier alpha value is -2.81. The van der Waals surface area contributed by atoms with Gasteiger partial charge in [0, 0.05) is 6.54 Å². The minimum absolute atomic E-state index is 0.100. The number of aromatic hydroxyl groups is 1. The summed E-state index contributed by atoms with van der Waals surface area (Å²) in [5.74, 6) is 0.556. The maximum absolute atomic E-state index is 12.8. The van der Waals surface area contributed by atoms with E-state index in [0.717, 1.165) is 12.1 Å². The van der Waals surface area contributed by atoms with Gasteiger partial charge in [-0.3, -0.25) is 0 Å². The van der Waals surface area contributed by atoms with E-state index in [-0.39, 0.29) is 11.3 Å². The summed E-state index contributed by atoms with van der Waals surface area (Å²) in [6.07, 6.45) is 3.34. The van der Waals surface area contributed by atoms with Gasteiger partial charge in [-0.05, 0) is 48.9 Å². The number of aromatic nitrogens is 2. The molecule has 0 aliphatic rings. The fourth-order valence-corrected chi connectivity index (χ4v) is 3.47. The molecule has 0 fully saturated rings. The van der Waals surface area contributed by atoms with Crippen molar-refractivity contribution in [3.05, 3.63) is 53.9 Å². The molecule has 1 N–H and O–H groups in total. The Morgan fingerprint density at radius 2 is 1.89 bits per heavy atom. The first-order valence-electron chi connectivity index (χ1n) is 7.92. The van der Waals surface area contributed by atoms with Gasteiger partial charge >= 0.3 is 5.51 Å². The average Bonchev–Trinajstić information content (AvgIpc) is 2.95. The molecule has 1 aromatic heterocycles. The third-order valence-corrected chi connectivity index (χ3v) is 5.46. The van der Waals surface area contributed by atoms with Crippen molar-refractivity contribution < 1.29 is 26.7 Å². The molecule has 0 amide bonds. The second-order valence-corrected chi connectivity index (χ2v) is 7.68. The quantitative estimate of drug-likeness (QED) is 0.717. The minimum Gasteiger partial charge on any atom is -0.508 e. The molecular formula is C18H15F3N2O3S. The molecule has 0 saturated carbocycles. The highest BCUT2D eigenvalue weighted by molar-refractivity contribution is 7.92. The number of hydrogen-bond donors (Lipinski definition) is 1. The smallest absolute Gasteiger partial charge is 0.501 e. The molecule has 0 aliphatic heterocycles. The largest absolute Gasteiger partial charge is 0.508 e. The fourth-order valence-electron chi connectivity index (χ4n) is 2.69. The van der Waals surface area contributed by atoms with Crippen molar-refractivity contribution >= 4 is 33.0 Å². The standard InChI is InChI=1S/C18H15F3N2O3S/c1-2-23-16-8-7-14(27(25,26)18(19,20)21)11-15(16)22-17(23)9-6-12-4-3-5-13(24)10-12/h3-11,24H,2H2,1H3/b9-6+. The Balaban J connectivity index is 2.08. The molecule has 0 unspecified atom stereocenters. The van der Waals surface area contributed by atoms with Gasteiger partial charge in [-0.15, -0.1) is 0 Å². The molecule has 0 aliphatic carbocycles. The molecule has 0 spiro atoms. The summed E-state index contributed by atoms with van der Waals surface area (Å²) >= 11 is 0. The van der Waals surface area contributed by atoms with Crippen LogP contribution in [0.5, 0.6) is 5.75 Å². The molecule has 142 valence electrons. The van der Waals surface area contributed by atoms with E-state index in [2.05, 4.69) is 4.98 Å². The maximum atomic E-state index is 12.8. The summed E-state index contributed by atoms with van der Waals surface area (Å²) in [7, 11) is -5.43. The Bertz CT molecular complexity index is 1130. The van der Waals surface area contributed by atoms with Crippen LogP contribution in [0.25, 0.3) is 23.2 Å². The Morgan fingerprint density at radius 3 is 2.52 bits per heavy atom. The fraction of sp³-hybridized carbons (Fsp3) is 0.167. The minimum atomic E-state index is -5.43. The van der Waals surface area contributed by atoms with Gasteiger partial charge in [-0.25, -0.2) is 13.4 Å². The predicted molar refractivity (Wildman–Crippen MR) is 95.7 cm³/mol. The van der Waals surface area contributed by atoms with E-state index < -0.39 is 20.2 Å². The first kappa shape index (κ1) is 19.0. The van der Waals surface area contributed by atoms with Crippen molar-refractivity contribution in [2.24, 2.45) is 0 Å². The summed E-state index contributed by atoms with van der Waals surface area (Å²) in [6, 6.07) is 9.69. The van der Waals surface area contributed by atoms with E-state index >= 15 is 0 Å². The molecule has 0 bridgehead atoms. The second kappa shape index (κ2) is 6.73. The lowest BCUT2D eigenvalue weighted by atomic mass is 10.2. The SMILES string of the molecule is CCn1c(/C=C/c2cccc(O)c2)nc2cc(S(=O)(=O)C(F)(F)F)ccc21. The summed E-state index contributed by atoms with van der Waals surface area (Å²) in [6.45, 7) is 2.33. The number of halogens is 3. The number of sulfone groups is 1. The number of imidazole rings is 1. The van der Waals surface area contributed by atoms with Gasteiger partial charge in [0.25, 0.3) is 9.84 Å². The molecule has 1 heterocycles. The molecule has 27 heavy (non-hydrogen) atoms. The first-order valence-corrected chi connectivity index (χ1v) is 9.40. The number of fused-ring (bicyclic) bond motifs is 1. The highest BCUT2D eigenvalue weighted by atomic mass is 32.2. The number of rotatable bonds is 4. The Labute approximate surface area is 153 Å². The van der Waals surface area contributed by atoms with Crippen LogP contribution < -0.4 is 0 Å². The third kappa shape index (κ3) is 3.55. The van der Waals surface area contributed by atoms with Crippen molar-refractivity contribution in [3.63, 3.8) is 0 Å². The van der Waals surface area contributed by atoms with Gasteiger partial charge < -0.3 is 9.67 Å². The molecule has 2 aromatic carbocycles. The van der Waals surface area contributed by atoms with Gasteiger partial charge in [0.1, 0.15) is 11.6 Å². The van der Waals surface area contributed by atoms with E-state index in [1.165, 1.54) is 12.1 Å². The van der Waals surface area contributed by atoms with Crippen LogP contribution in [0.2, 0.25) is 0 Å². The zero-order valence-corrected chi connectivity index (χ0v) is 14.9. The van der Waals surface area contributed by atoms with Crippen molar-refractivity contribution in [2.75, 3.05) is 0 Å². The van der Waals surface area contributed by atoms with Gasteiger partial charge in [0.2, 0.25) is 0 Å². The van der Waals surface area contributed by atoms with Crippen LogP contribution in [-0.2, 0) is 16.4 Å². The normalized spacial score (nSPS) is 12.9. The third-order valence-electron chi connectivity index (χ3n) is 3.98. The number of benzene rings is 2. The molecule has 9 heteroatoms. The lowest BCUT2D eigenvalue weighted by Crippen LogP contribution is -2.23. The van der Waals surface area contributed by atoms with E-state index in [1.54, 1.807) is 34.9 Å². The number of hydrogen-bond acceptors (Lipinski definition) is 4. The number of nitrogens with zero attached hydrogens (tertiary/aromatic N) is 2. The predicted octanol–water partition coefficient (Wildman–Crippen LogP) is 4.23. The van der Waals surface area contributed by atoms with Crippen LogP contribution in [0, 0.1) is 0 Å². The van der Waals surface area contributed by atoms with Crippen LogP contribution in [0.15, 0.2) is 47.4 Å². The Morgan fingerprint density at radius 1 is 1.15 bits per heavy atom. The highest BCUT2D eigenvalue weighted by Crippen LogP contribution is 2.32. The van der Waals surface area contributed by atoms with Crippen LogP contribution in [-0.4, -0.2) is 28.6 Å². The monoisotopic (exact) mass is 396 g/mol. The average molecular weight is 396 g/mol. The van der Waals surface area contributed by atoms with Gasteiger partial charge in [-0.2, -0.15) is 13.2 Å². The van der Waals surface area contributed by atoms with Crippen LogP contribution >= 0.6 is 0 Å². The number of phenols is 1. The molecule has 3 rings (SSSR count). The lowest BCUT2D eigenvalue weighted by molar-refractivity contribution is -0.0435. The van der Waals surface area contributed by atoms with Crippen LogP contribution in [0.4, 0.5) is 13.2 Å². The van der Waals surface area contributed by atoms with Crippen LogP contribution in [0.3, 0.4) is 0 Å². The molecule has 3 aromatic rings. The molecule has 5 nitrogen and oxygen atoms in total. The molecular weight excluding hydrogens is 381 g/mol. The summed E-state index contributed by atoms with van der Waals surface area (Å²) in [4.78, 5) is 3.42. The van der Waals surface area contributed by atoms with Crippen molar-refractivity contribution in [3.8, 4) is 5.75 Å². The van der Waals surface area contributed by atoms with E-state index in [4.69, 9.17) is 0 Å². The van der Waals surface area contributed by atoms with Crippen molar-refractivity contribution in [1.29, 1.82) is 0 Å². The number of phenolic OH excluding ortho intramolecular Hbond substituents is 1. The zero-order valence-electron chi connectivity index (χ0n) is 14.1. The van der Waals surface area contributed by atoms with Crippen LogP contribution in [0.1, 0.15) is 18.3 Å².